The molecule has 3 heterocycles. The highest BCUT2D eigenvalue weighted by molar-refractivity contribution is 5.39. The van der Waals surface area contributed by atoms with Crippen molar-refractivity contribution >= 4 is 0 Å². The molecule has 5 heteroatoms. The van der Waals surface area contributed by atoms with E-state index >= 15 is 0 Å². The molecule has 1 aromatic carbocycles. The second-order valence-corrected chi connectivity index (χ2v) is 8.12. The molecule has 3 aliphatic rings. The number of nitrogens with zero attached hydrogens (tertiary/aromatic N) is 3. The van der Waals surface area contributed by atoms with Crippen molar-refractivity contribution in [2.45, 2.75) is 25.4 Å². The number of para-hydroxylation sites is 1. The minimum atomic E-state index is 0.407. The number of aryl methyl sites for hydroxylation is 1. The van der Waals surface area contributed by atoms with Crippen molar-refractivity contribution in [3.05, 3.63) is 48.0 Å². The monoisotopic (exact) mass is 353 g/mol. The first-order valence-electron chi connectivity index (χ1n) is 9.78. The molecule has 0 amide bonds. The van der Waals surface area contributed by atoms with Crippen LogP contribution >= 0.6 is 0 Å². The van der Waals surface area contributed by atoms with Gasteiger partial charge in [-0.1, -0.05) is 18.2 Å². The minimum absolute atomic E-state index is 0.407. The van der Waals surface area contributed by atoms with Crippen LogP contribution in [0.15, 0.2) is 36.8 Å². The zero-order chi connectivity index (χ0) is 17.5. The van der Waals surface area contributed by atoms with E-state index in [1.165, 1.54) is 24.1 Å². The van der Waals surface area contributed by atoms with Crippen LogP contribution in [0.5, 0.6) is 5.75 Å². The molecule has 0 radical (unpaired) electrons. The Hall–Kier alpha value is -1.85. The van der Waals surface area contributed by atoms with Crippen molar-refractivity contribution in [1.82, 2.24) is 14.5 Å². The lowest BCUT2D eigenvalue weighted by molar-refractivity contribution is 0.0641. The molecule has 2 aromatic rings. The van der Waals surface area contributed by atoms with E-state index in [1.54, 1.807) is 0 Å². The average molecular weight is 353 g/mol. The van der Waals surface area contributed by atoms with Gasteiger partial charge in [0, 0.05) is 56.4 Å². The number of benzene rings is 1. The predicted molar refractivity (Wildman–Crippen MR) is 98.8 cm³/mol. The molecule has 0 spiro atoms. The number of hydrogen-bond acceptors (Lipinski definition) is 4. The molecular weight excluding hydrogens is 326 g/mol. The fraction of sp³-hybridized carbons (Fsp3) is 0.571. The number of likely N-dealkylation sites (tertiary alicyclic amines) is 1. The molecule has 5 rings (SSSR count). The van der Waals surface area contributed by atoms with Crippen LogP contribution < -0.4 is 4.74 Å². The molecule has 0 N–H and O–H groups in total. The van der Waals surface area contributed by atoms with E-state index in [1.807, 2.05) is 12.5 Å². The maximum absolute atomic E-state index is 6.11. The highest BCUT2D eigenvalue weighted by Gasteiger charge is 2.46. The molecule has 0 bridgehead atoms. The van der Waals surface area contributed by atoms with Crippen molar-refractivity contribution in [2.75, 3.05) is 26.4 Å². The van der Waals surface area contributed by atoms with Gasteiger partial charge in [0.25, 0.3) is 0 Å². The van der Waals surface area contributed by atoms with Crippen LogP contribution in [-0.2, 0) is 18.3 Å². The molecule has 3 atom stereocenters. The van der Waals surface area contributed by atoms with Crippen LogP contribution in [-0.4, -0.2) is 40.8 Å². The number of imidazole rings is 1. The SMILES string of the molecule is Cn1cncc1CN1C[C@@H](COCC2CC2)[C@@H]2COc3ccccc3[C@@H]21. The minimum Gasteiger partial charge on any atom is -0.493 e. The zero-order valence-corrected chi connectivity index (χ0v) is 15.4. The Bertz CT molecular complexity index is 770. The van der Waals surface area contributed by atoms with Crippen LogP contribution in [0.4, 0.5) is 0 Å². The summed E-state index contributed by atoms with van der Waals surface area (Å²) in [6.07, 6.45) is 6.56. The molecule has 26 heavy (non-hydrogen) atoms. The number of hydrogen-bond donors (Lipinski definition) is 0. The lowest BCUT2D eigenvalue weighted by atomic mass is 9.85. The summed E-state index contributed by atoms with van der Waals surface area (Å²) in [5.41, 5.74) is 2.59. The summed E-state index contributed by atoms with van der Waals surface area (Å²) in [6.45, 7) is 4.56. The summed E-state index contributed by atoms with van der Waals surface area (Å²) in [5.74, 6) is 2.89. The fourth-order valence-electron chi connectivity index (χ4n) is 4.53. The van der Waals surface area contributed by atoms with E-state index in [9.17, 15) is 0 Å². The topological polar surface area (TPSA) is 39.5 Å². The molecule has 138 valence electrons. The molecule has 0 unspecified atom stereocenters. The summed E-state index contributed by atoms with van der Waals surface area (Å²) < 4.78 is 14.3. The number of rotatable bonds is 6. The Labute approximate surface area is 154 Å². The van der Waals surface area contributed by atoms with Crippen molar-refractivity contribution in [1.29, 1.82) is 0 Å². The van der Waals surface area contributed by atoms with E-state index in [0.29, 0.717) is 17.9 Å². The van der Waals surface area contributed by atoms with Gasteiger partial charge in [-0.3, -0.25) is 4.90 Å². The Morgan fingerprint density at radius 3 is 2.92 bits per heavy atom. The second kappa shape index (κ2) is 6.71. The lowest BCUT2D eigenvalue weighted by Gasteiger charge is -2.34. The van der Waals surface area contributed by atoms with Gasteiger partial charge in [-0.25, -0.2) is 4.98 Å². The smallest absolute Gasteiger partial charge is 0.124 e. The number of ether oxygens (including phenoxy) is 2. The maximum atomic E-state index is 6.11. The summed E-state index contributed by atoms with van der Waals surface area (Å²) in [4.78, 5) is 6.90. The van der Waals surface area contributed by atoms with E-state index in [-0.39, 0.29) is 0 Å². The standard InChI is InChI=1S/C21H27N3O2/c1-23-14-22-8-17(23)10-24-9-16(12-25-11-15-6-7-15)19-13-26-20-5-3-2-4-18(20)21(19)24/h2-5,8,14-16,19,21H,6-7,9-13H2,1H3/t16-,19-,21-/m0/s1. The Kier molecular flexibility index (Phi) is 4.21. The van der Waals surface area contributed by atoms with Gasteiger partial charge < -0.3 is 14.0 Å². The van der Waals surface area contributed by atoms with Gasteiger partial charge in [0.05, 0.1) is 25.2 Å². The Balaban J connectivity index is 1.38. The largest absolute Gasteiger partial charge is 0.493 e. The second-order valence-electron chi connectivity index (χ2n) is 8.12. The van der Waals surface area contributed by atoms with Gasteiger partial charge in [-0.2, -0.15) is 0 Å². The van der Waals surface area contributed by atoms with Crippen molar-refractivity contribution in [2.24, 2.45) is 24.8 Å². The molecule has 2 aliphatic heterocycles. The van der Waals surface area contributed by atoms with Gasteiger partial charge in [0.1, 0.15) is 5.75 Å². The molecule has 2 fully saturated rings. The molecule has 1 aromatic heterocycles. The molecular formula is C21H27N3O2. The fourth-order valence-corrected chi connectivity index (χ4v) is 4.53. The summed E-state index contributed by atoms with van der Waals surface area (Å²) in [5, 5.41) is 0. The third-order valence-electron chi connectivity index (χ3n) is 6.21. The number of aromatic nitrogens is 2. The molecule has 1 saturated carbocycles. The van der Waals surface area contributed by atoms with Crippen molar-refractivity contribution in [3.63, 3.8) is 0 Å². The van der Waals surface area contributed by atoms with Crippen molar-refractivity contribution in [3.8, 4) is 5.75 Å². The van der Waals surface area contributed by atoms with Crippen LogP contribution in [0, 0.1) is 17.8 Å². The molecule has 5 nitrogen and oxygen atoms in total. The highest BCUT2D eigenvalue weighted by Crippen LogP contribution is 2.47. The third-order valence-corrected chi connectivity index (χ3v) is 6.21. The molecule has 1 aliphatic carbocycles. The first kappa shape index (κ1) is 16.3. The van der Waals surface area contributed by atoms with Crippen LogP contribution in [0.1, 0.15) is 30.1 Å². The molecule has 1 saturated heterocycles. The van der Waals surface area contributed by atoms with Crippen molar-refractivity contribution < 1.29 is 9.47 Å². The van der Waals surface area contributed by atoms with Gasteiger partial charge in [0.15, 0.2) is 0 Å². The number of fused-ring (bicyclic) bond motifs is 3. The summed E-state index contributed by atoms with van der Waals surface area (Å²) in [6, 6.07) is 8.93. The first-order chi connectivity index (χ1) is 12.8. The average Bonchev–Trinajstić information content (AvgIpc) is 3.30. The van der Waals surface area contributed by atoms with Gasteiger partial charge in [-0.05, 0) is 24.8 Å². The zero-order valence-electron chi connectivity index (χ0n) is 15.4. The van der Waals surface area contributed by atoms with Crippen LogP contribution in [0.25, 0.3) is 0 Å². The van der Waals surface area contributed by atoms with Crippen LogP contribution in [0.2, 0.25) is 0 Å². The third kappa shape index (κ3) is 3.03. The van der Waals surface area contributed by atoms with Crippen LogP contribution in [0.3, 0.4) is 0 Å². The van der Waals surface area contributed by atoms with Gasteiger partial charge in [-0.15, -0.1) is 0 Å². The van der Waals surface area contributed by atoms with E-state index in [4.69, 9.17) is 9.47 Å². The maximum Gasteiger partial charge on any atom is 0.124 e. The van der Waals surface area contributed by atoms with Gasteiger partial charge in [0.2, 0.25) is 0 Å². The van der Waals surface area contributed by atoms with E-state index in [0.717, 1.165) is 44.6 Å². The normalized spacial score (nSPS) is 27.8. The first-order valence-corrected chi connectivity index (χ1v) is 9.78. The van der Waals surface area contributed by atoms with E-state index in [2.05, 4.69) is 45.8 Å². The quantitative estimate of drug-likeness (QED) is 0.800. The summed E-state index contributed by atoms with van der Waals surface area (Å²) in [7, 11) is 2.07. The Morgan fingerprint density at radius 1 is 1.23 bits per heavy atom. The highest BCUT2D eigenvalue weighted by atomic mass is 16.5. The Morgan fingerprint density at radius 2 is 2.12 bits per heavy atom. The predicted octanol–water partition coefficient (Wildman–Crippen LogP) is 3.03. The van der Waals surface area contributed by atoms with Gasteiger partial charge >= 0.3 is 0 Å². The van der Waals surface area contributed by atoms with E-state index < -0.39 is 0 Å². The summed E-state index contributed by atoms with van der Waals surface area (Å²) >= 11 is 0. The lowest BCUT2D eigenvalue weighted by Crippen LogP contribution is -2.32.